The van der Waals surface area contributed by atoms with Crippen LogP contribution in [0.1, 0.15) is 34.3 Å². The molecule has 23 heteroatoms. The standard InChI is InChI=1S/C26H23Cl3F6N6O8/c1-10-36-18-14(7-40-16(42)4-5-17(40)43)37-20(38-21(45)48-9-22(27,28)29)41-8-15(24(46,47)23(18,41)39-10)49-19(44)12-6-11(25(30,31)32)2-3-13(12)26(33,34)35/h2-3,6,14-15,18,36,39,46-47H,1,4-5,7-9H2,(H,37,38,45)/t14-,15-,18-,23-/m0/s1. The van der Waals surface area contributed by atoms with Crippen LogP contribution in [0.25, 0.3) is 0 Å². The lowest BCUT2D eigenvalue weighted by molar-refractivity contribution is -0.257. The van der Waals surface area contributed by atoms with Crippen LogP contribution in [0, 0.1) is 0 Å². The lowest BCUT2D eigenvalue weighted by atomic mass is 9.85. The van der Waals surface area contributed by atoms with Gasteiger partial charge in [-0.3, -0.25) is 19.8 Å². The molecule has 0 aliphatic carbocycles. The molecule has 4 aliphatic rings. The van der Waals surface area contributed by atoms with Crippen LogP contribution >= 0.6 is 34.8 Å². The van der Waals surface area contributed by atoms with E-state index in [0.29, 0.717) is 0 Å². The zero-order valence-corrected chi connectivity index (χ0v) is 26.6. The van der Waals surface area contributed by atoms with Gasteiger partial charge in [0.15, 0.2) is 11.8 Å². The van der Waals surface area contributed by atoms with Crippen molar-refractivity contribution in [2.75, 3.05) is 19.7 Å². The molecular formula is C26H23Cl3F6N6O8. The number of benzene rings is 1. The van der Waals surface area contributed by atoms with Gasteiger partial charge in [0.1, 0.15) is 6.61 Å². The molecule has 268 valence electrons. The molecule has 14 nitrogen and oxygen atoms in total. The summed E-state index contributed by atoms with van der Waals surface area (Å²) >= 11 is 16.8. The highest BCUT2D eigenvalue weighted by molar-refractivity contribution is 6.67. The van der Waals surface area contributed by atoms with Crippen molar-refractivity contribution in [1.29, 1.82) is 0 Å². The Morgan fingerprint density at radius 2 is 1.71 bits per heavy atom. The van der Waals surface area contributed by atoms with Gasteiger partial charge in [0, 0.05) is 12.8 Å². The van der Waals surface area contributed by atoms with Gasteiger partial charge < -0.3 is 35.2 Å². The monoisotopic (exact) mass is 766 g/mol. The molecule has 49 heavy (non-hydrogen) atoms. The van der Waals surface area contributed by atoms with Crippen LogP contribution in [-0.4, -0.2) is 103 Å². The van der Waals surface area contributed by atoms with Crippen LogP contribution in [0.4, 0.5) is 31.1 Å². The SMILES string of the molecule is C=C1N[C@H]2[C@H](CN3C(=O)CCC3=O)N=C(NC(=O)OCC(Cl)(Cl)Cl)N3C[C@H](OC(=O)c4cc(C(F)(F)F)ccc4C(F)(F)F)C(O)(O)[C@]23N1. The van der Waals surface area contributed by atoms with Gasteiger partial charge in [-0.15, -0.1) is 0 Å². The van der Waals surface area contributed by atoms with Crippen molar-refractivity contribution in [3.05, 3.63) is 47.3 Å². The van der Waals surface area contributed by atoms with Crippen molar-refractivity contribution in [3.63, 3.8) is 0 Å². The molecule has 3 amide bonds. The zero-order chi connectivity index (χ0) is 36.5. The Bertz CT molecular complexity index is 1620. The molecule has 0 bridgehead atoms. The van der Waals surface area contributed by atoms with E-state index in [0.717, 1.165) is 9.80 Å². The van der Waals surface area contributed by atoms with Gasteiger partial charge in [0.2, 0.25) is 27.4 Å². The summed E-state index contributed by atoms with van der Waals surface area (Å²) in [6.45, 7) is 1.48. The number of nitrogens with zero attached hydrogens (tertiary/aromatic N) is 3. The molecule has 3 fully saturated rings. The van der Waals surface area contributed by atoms with E-state index in [-0.39, 0.29) is 36.9 Å². The zero-order valence-electron chi connectivity index (χ0n) is 24.3. The summed E-state index contributed by atoms with van der Waals surface area (Å²) in [6, 6.07) is -2.72. The van der Waals surface area contributed by atoms with E-state index < -0.39 is 112 Å². The van der Waals surface area contributed by atoms with Crippen molar-refractivity contribution in [2.45, 2.75) is 58.6 Å². The van der Waals surface area contributed by atoms with E-state index in [2.05, 4.69) is 27.5 Å². The molecule has 3 saturated heterocycles. The summed E-state index contributed by atoms with van der Waals surface area (Å²) in [5.41, 5.74) is -7.43. The molecule has 4 aliphatic heterocycles. The maximum absolute atomic E-state index is 13.8. The van der Waals surface area contributed by atoms with Crippen molar-refractivity contribution < 1.29 is 65.2 Å². The maximum Gasteiger partial charge on any atom is 0.417 e. The number of ether oxygens (including phenoxy) is 2. The Balaban J connectivity index is 1.55. The quantitative estimate of drug-likeness (QED) is 0.0972. The van der Waals surface area contributed by atoms with Crippen LogP contribution < -0.4 is 16.0 Å². The molecule has 4 heterocycles. The van der Waals surface area contributed by atoms with Gasteiger partial charge >= 0.3 is 24.4 Å². The Hall–Kier alpha value is -3.72. The number of aliphatic imine (C=N–C) groups is 1. The highest BCUT2D eigenvalue weighted by Crippen LogP contribution is 2.47. The number of amides is 3. The van der Waals surface area contributed by atoms with E-state index in [4.69, 9.17) is 44.3 Å². The summed E-state index contributed by atoms with van der Waals surface area (Å²) in [7, 11) is 0. The maximum atomic E-state index is 13.8. The predicted molar refractivity (Wildman–Crippen MR) is 153 cm³/mol. The molecule has 5 rings (SSSR count). The minimum Gasteiger partial charge on any atom is -0.451 e. The third-order valence-corrected chi connectivity index (χ3v) is 8.39. The largest absolute Gasteiger partial charge is 0.451 e. The first kappa shape index (κ1) is 36.6. The number of likely N-dealkylation sites (tertiary alicyclic amines) is 1. The molecule has 0 radical (unpaired) electrons. The first-order valence-electron chi connectivity index (χ1n) is 13.8. The van der Waals surface area contributed by atoms with Crippen LogP contribution in [0.3, 0.4) is 0 Å². The van der Waals surface area contributed by atoms with E-state index in [1.807, 2.05) is 0 Å². The predicted octanol–water partition coefficient (Wildman–Crippen LogP) is 1.96. The summed E-state index contributed by atoms with van der Waals surface area (Å²) in [5, 5.41) is 30.9. The number of nitrogens with one attached hydrogen (secondary N) is 3. The van der Waals surface area contributed by atoms with E-state index in [1.54, 1.807) is 0 Å². The second kappa shape index (κ2) is 12.3. The van der Waals surface area contributed by atoms with Gasteiger partial charge in [-0.1, -0.05) is 41.4 Å². The molecule has 1 spiro atoms. The van der Waals surface area contributed by atoms with E-state index >= 15 is 0 Å². The van der Waals surface area contributed by atoms with Gasteiger partial charge in [-0.05, 0) is 18.2 Å². The van der Waals surface area contributed by atoms with E-state index in [1.165, 1.54) is 0 Å². The average Bonchev–Trinajstić information content (AvgIpc) is 3.57. The van der Waals surface area contributed by atoms with Gasteiger partial charge in [-0.25, -0.2) is 14.6 Å². The number of carbonyl (C=O) groups excluding carboxylic acids is 4. The molecule has 0 unspecified atom stereocenters. The van der Waals surface area contributed by atoms with Crippen LogP contribution in [-0.2, 0) is 31.4 Å². The van der Waals surface area contributed by atoms with Crippen molar-refractivity contribution in [3.8, 4) is 0 Å². The first-order valence-corrected chi connectivity index (χ1v) is 15.0. The number of carbonyl (C=O) groups is 4. The molecular weight excluding hydrogens is 745 g/mol. The summed E-state index contributed by atoms with van der Waals surface area (Å²) in [6.07, 6.45) is -14.4. The van der Waals surface area contributed by atoms with Crippen molar-refractivity contribution >= 4 is 64.6 Å². The fraction of sp³-hybridized carbons (Fsp3) is 0.500. The number of halogens is 9. The number of guanidine groups is 1. The fourth-order valence-corrected chi connectivity index (χ4v) is 6.15. The number of imide groups is 1. The smallest absolute Gasteiger partial charge is 0.417 e. The summed E-state index contributed by atoms with van der Waals surface area (Å²) < 4.78 is 89.3. The van der Waals surface area contributed by atoms with Gasteiger partial charge in [-0.2, -0.15) is 26.3 Å². The normalized spacial score (nSPS) is 26.5. The second-order valence-corrected chi connectivity index (χ2v) is 13.7. The van der Waals surface area contributed by atoms with Gasteiger partial charge in [0.05, 0.1) is 47.7 Å². The number of alkyl halides is 9. The molecule has 0 saturated carbocycles. The molecule has 5 N–H and O–H groups in total. The Labute approximate surface area is 285 Å². The van der Waals surface area contributed by atoms with Crippen LogP contribution in [0.15, 0.2) is 35.6 Å². The third-order valence-electron chi connectivity index (χ3n) is 8.06. The average molecular weight is 768 g/mol. The minimum atomic E-state index is -5.34. The minimum absolute atomic E-state index is 0.0205. The number of hydrogen-bond donors (Lipinski definition) is 5. The first-order chi connectivity index (χ1) is 22.5. The molecule has 1 aromatic carbocycles. The Morgan fingerprint density at radius 1 is 1.08 bits per heavy atom. The lowest BCUT2D eigenvalue weighted by Gasteiger charge is -2.49. The molecule has 0 aromatic heterocycles. The van der Waals surface area contributed by atoms with Crippen LogP contribution in [0.2, 0.25) is 0 Å². The Morgan fingerprint density at radius 3 is 2.29 bits per heavy atom. The number of aliphatic hydroxyl groups is 2. The number of alkyl carbamates (subject to hydrolysis) is 1. The lowest BCUT2D eigenvalue weighted by Crippen LogP contribution is -2.78. The fourth-order valence-electron chi connectivity index (χ4n) is 5.99. The number of rotatable bonds is 5. The topological polar surface area (TPSA) is 182 Å². The third kappa shape index (κ3) is 6.75. The van der Waals surface area contributed by atoms with Crippen molar-refractivity contribution in [2.24, 2.45) is 4.99 Å². The second-order valence-electron chi connectivity index (χ2n) is 11.2. The summed E-state index contributed by atoms with van der Waals surface area (Å²) in [5.74, 6) is -7.33. The van der Waals surface area contributed by atoms with Crippen molar-refractivity contribution in [1.82, 2.24) is 25.8 Å². The molecule has 1 aromatic rings. The highest BCUT2D eigenvalue weighted by atomic mass is 35.6. The summed E-state index contributed by atoms with van der Waals surface area (Å²) in [4.78, 5) is 56.9. The van der Waals surface area contributed by atoms with E-state index in [9.17, 15) is 55.7 Å². The Kier molecular flexibility index (Phi) is 9.14. The number of hydrogen-bond acceptors (Lipinski definition) is 12. The highest BCUT2D eigenvalue weighted by Gasteiger charge is 2.75. The number of esters is 1. The van der Waals surface area contributed by atoms with Gasteiger partial charge in [0.25, 0.3) is 0 Å². The molecule has 4 atom stereocenters. The van der Waals surface area contributed by atoms with Crippen LogP contribution in [0.5, 0.6) is 0 Å².